The Hall–Kier alpha value is -5.62. The molecule has 6 heteroatoms. The molecular weight excluding hydrogens is 841 g/mol. The van der Waals surface area contributed by atoms with Crippen molar-refractivity contribution in [3.05, 3.63) is 96.1 Å². The maximum absolute atomic E-state index is 14.5. The van der Waals surface area contributed by atoms with E-state index in [-0.39, 0.29) is 34.9 Å². The van der Waals surface area contributed by atoms with Gasteiger partial charge in [0.2, 0.25) is 0 Å². The van der Waals surface area contributed by atoms with E-state index in [1.807, 2.05) is 12.1 Å². The second kappa shape index (κ2) is 17.1. The Balaban J connectivity index is 1.23. The van der Waals surface area contributed by atoms with E-state index in [0.717, 1.165) is 103 Å². The highest BCUT2D eigenvalue weighted by Gasteiger charge is 2.37. The summed E-state index contributed by atoms with van der Waals surface area (Å²) in [5.41, 5.74) is 3.75. The average molecular weight is 911 g/mol. The summed E-state index contributed by atoms with van der Waals surface area (Å²) in [5, 5.41) is 12.6. The van der Waals surface area contributed by atoms with E-state index in [9.17, 15) is 9.59 Å². The molecule has 10 rings (SSSR count). The second-order valence-electron chi connectivity index (χ2n) is 23.8. The van der Waals surface area contributed by atoms with Crippen molar-refractivity contribution < 1.29 is 28.5 Å². The fraction of sp³-hybridized carbons (Fsp3) is 0.452. The Kier molecular flexibility index (Phi) is 11.6. The van der Waals surface area contributed by atoms with Crippen LogP contribution in [0.5, 0.6) is 11.5 Å². The van der Waals surface area contributed by atoms with Gasteiger partial charge in [-0.3, -0.25) is 0 Å². The van der Waals surface area contributed by atoms with Gasteiger partial charge in [0.25, 0.3) is 0 Å². The monoisotopic (exact) mass is 911 g/mol. The minimum Gasteiger partial charge on any atom is -0.430 e. The molecule has 2 aliphatic carbocycles. The Morgan fingerprint density at radius 2 is 0.794 bits per heavy atom. The van der Waals surface area contributed by atoms with Gasteiger partial charge in [-0.2, -0.15) is 0 Å². The summed E-state index contributed by atoms with van der Waals surface area (Å²) in [6.07, 6.45) is 3.89. The molecule has 0 aromatic heterocycles. The van der Waals surface area contributed by atoms with Gasteiger partial charge in [-0.25, -0.2) is 9.59 Å². The lowest BCUT2D eigenvalue weighted by molar-refractivity contribution is -0.0145. The molecule has 0 radical (unpaired) electrons. The van der Waals surface area contributed by atoms with Crippen LogP contribution >= 0.6 is 0 Å². The number of hydrogen-bond acceptors (Lipinski definition) is 6. The highest BCUT2D eigenvalue weighted by Crippen LogP contribution is 2.53. The normalized spacial score (nSPS) is 21.9. The van der Waals surface area contributed by atoms with Crippen LogP contribution in [0, 0.1) is 35.5 Å². The Labute approximate surface area is 402 Å². The number of benzene rings is 8. The molecule has 6 atom stereocenters. The molecule has 0 saturated heterocycles. The van der Waals surface area contributed by atoms with Crippen LogP contribution in [-0.2, 0) is 20.3 Å². The fourth-order valence-electron chi connectivity index (χ4n) is 12.3. The van der Waals surface area contributed by atoms with Crippen LogP contribution in [-0.4, -0.2) is 24.5 Å². The number of hydrogen-bond donors (Lipinski definition) is 0. The van der Waals surface area contributed by atoms with Crippen LogP contribution in [0.4, 0.5) is 9.59 Å². The number of ether oxygens (including phenoxy) is 4. The van der Waals surface area contributed by atoms with Gasteiger partial charge < -0.3 is 18.9 Å². The van der Waals surface area contributed by atoms with Crippen molar-refractivity contribution in [1.82, 2.24) is 0 Å². The summed E-state index contributed by atoms with van der Waals surface area (Å²) in [6, 6.07) is 30.6. The quantitative estimate of drug-likeness (QED) is 0.0901. The molecular formula is C62H70O6. The molecule has 2 aliphatic rings. The Morgan fingerprint density at radius 3 is 1.12 bits per heavy atom. The van der Waals surface area contributed by atoms with E-state index in [1.165, 1.54) is 11.1 Å². The number of rotatable bonds is 7. The molecule has 4 unspecified atom stereocenters. The van der Waals surface area contributed by atoms with Gasteiger partial charge in [0.1, 0.15) is 23.7 Å². The molecule has 2 fully saturated rings. The molecule has 0 aliphatic heterocycles. The molecule has 6 nitrogen and oxygen atoms in total. The van der Waals surface area contributed by atoms with E-state index in [4.69, 9.17) is 18.9 Å². The van der Waals surface area contributed by atoms with Crippen molar-refractivity contribution >= 4 is 76.9 Å². The smallest absolute Gasteiger partial charge is 0.430 e. The van der Waals surface area contributed by atoms with Crippen LogP contribution in [0.3, 0.4) is 0 Å². The van der Waals surface area contributed by atoms with E-state index >= 15 is 0 Å². The molecule has 8 aromatic rings. The third kappa shape index (κ3) is 8.28. The highest BCUT2D eigenvalue weighted by atomic mass is 16.7. The molecule has 2 saturated carbocycles. The van der Waals surface area contributed by atoms with Gasteiger partial charge in [0, 0.05) is 11.1 Å². The van der Waals surface area contributed by atoms with Gasteiger partial charge in [-0.15, -0.1) is 0 Å². The third-order valence-electron chi connectivity index (χ3n) is 16.1. The molecule has 0 spiro atoms. The lowest BCUT2D eigenvalue weighted by atomic mass is 9.75. The highest BCUT2D eigenvalue weighted by molar-refractivity contribution is 6.31. The van der Waals surface area contributed by atoms with Crippen molar-refractivity contribution in [1.29, 1.82) is 0 Å². The first-order valence-corrected chi connectivity index (χ1v) is 25.5. The van der Waals surface area contributed by atoms with Crippen LogP contribution in [0.15, 0.2) is 84.9 Å². The van der Waals surface area contributed by atoms with Gasteiger partial charge >= 0.3 is 12.3 Å². The maximum atomic E-state index is 14.5. The lowest BCUT2D eigenvalue weighted by Crippen LogP contribution is -2.36. The summed E-state index contributed by atoms with van der Waals surface area (Å²) < 4.78 is 26.0. The first-order valence-electron chi connectivity index (χ1n) is 25.5. The van der Waals surface area contributed by atoms with Gasteiger partial charge in [0.15, 0.2) is 0 Å². The molecule has 0 amide bonds. The average Bonchev–Trinajstić information content (AvgIpc) is 3.26. The Bertz CT molecular complexity index is 2960. The van der Waals surface area contributed by atoms with Crippen molar-refractivity contribution in [3.8, 4) is 22.6 Å². The van der Waals surface area contributed by atoms with E-state index in [0.29, 0.717) is 46.3 Å². The van der Waals surface area contributed by atoms with Crippen LogP contribution in [0.1, 0.15) is 133 Å². The van der Waals surface area contributed by atoms with E-state index in [1.54, 1.807) is 0 Å². The lowest BCUT2D eigenvalue weighted by Gasteiger charge is -2.36. The molecule has 0 heterocycles. The van der Waals surface area contributed by atoms with Crippen LogP contribution < -0.4 is 9.47 Å². The van der Waals surface area contributed by atoms with Crippen molar-refractivity contribution in [2.75, 3.05) is 0 Å². The predicted molar refractivity (Wildman–Crippen MR) is 281 cm³/mol. The minimum atomic E-state index is -0.723. The zero-order chi connectivity index (χ0) is 48.1. The predicted octanol–water partition coefficient (Wildman–Crippen LogP) is 17.7. The van der Waals surface area contributed by atoms with Gasteiger partial charge in [0.05, 0.1) is 0 Å². The van der Waals surface area contributed by atoms with Crippen LogP contribution in [0.2, 0.25) is 0 Å². The molecule has 8 aromatic carbocycles. The van der Waals surface area contributed by atoms with Gasteiger partial charge in [-0.1, -0.05) is 169 Å². The van der Waals surface area contributed by atoms with E-state index < -0.39 is 12.3 Å². The second-order valence-corrected chi connectivity index (χ2v) is 23.8. The first-order chi connectivity index (χ1) is 32.2. The zero-order valence-electron chi connectivity index (χ0n) is 42.4. The SMILES string of the molecule is CC(C)C1CC[C@@H](C)CC1OC(=O)Oc1cc2ccc3cc(C(C)(C)C)cc4ccc(c1-c1c(OC(=O)OC5C[C@H](C)CCC5C(C)C)cc5ccc6cc(C(C)(C)C)cc7ccc1c5c67)c2c34. The summed E-state index contributed by atoms with van der Waals surface area (Å²) in [7, 11) is 0. The van der Waals surface area contributed by atoms with Crippen molar-refractivity contribution in [3.63, 3.8) is 0 Å². The maximum Gasteiger partial charge on any atom is 0.514 e. The third-order valence-corrected chi connectivity index (χ3v) is 16.1. The van der Waals surface area contributed by atoms with Crippen LogP contribution in [0.25, 0.3) is 75.8 Å². The molecule has 68 heavy (non-hydrogen) atoms. The summed E-state index contributed by atoms with van der Waals surface area (Å²) in [6.45, 7) is 26.8. The summed E-state index contributed by atoms with van der Waals surface area (Å²) >= 11 is 0. The minimum absolute atomic E-state index is 0.0528. The topological polar surface area (TPSA) is 71.1 Å². The number of carbonyl (C=O) groups excluding carboxylic acids is 2. The Morgan fingerprint density at radius 1 is 0.471 bits per heavy atom. The molecule has 354 valence electrons. The molecule has 0 N–H and O–H groups in total. The van der Waals surface area contributed by atoms with Crippen molar-refractivity contribution in [2.24, 2.45) is 35.5 Å². The zero-order valence-corrected chi connectivity index (χ0v) is 42.4. The van der Waals surface area contributed by atoms with Gasteiger partial charge in [-0.05, 0) is 160 Å². The van der Waals surface area contributed by atoms with Crippen molar-refractivity contribution in [2.45, 2.75) is 145 Å². The first kappa shape index (κ1) is 46.1. The summed E-state index contributed by atoms with van der Waals surface area (Å²) in [5.74, 6) is 2.79. The summed E-state index contributed by atoms with van der Waals surface area (Å²) in [4.78, 5) is 29.0. The van der Waals surface area contributed by atoms with E-state index in [2.05, 4.69) is 156 Å². The molecule has 0 bridgehead atoms. The fourth-order valence-corrected chi connectivity index (χ4v) is 12.3. The number of carbonyl (C=O) groups is 2. The standard InChI is InChI=1S/C62H70O6/c1-33(2)45-21-13-35(5)25-49(45)65-59(63)67-51-31-41-17-15-37-27-43(61(7,8)9)29-39-19-23-47(55(41)53(37)39)57(51)58-48-24-20-40-30-44(62(10,11)12)28-38-16-18-42(56(48)54(38)40)32-52(58)68-60(64)66-50-26-36(6)14-22-46(50)34(3)4/h15-20,23-24,27-36,45-46,49-50H,13-14,21-22,25-26H2,1-12H3/t35-,36-,45?,46?,49?,50?/m1/s1. The largest absolute Gasteiger partial charge is 0.514 e.